The molecule has 1 amide bonds. The fraction of sp³-hybridized carbons (Fsp3) is 0.353. The van der Waals surface area contributed by atoms with E-state index in [0.717, 1.165) is 43.4 Å². The van der Waals surface area contributed by atoms with Gasteiger partial charge in [0.2, 0.25) is 0 Å². The Balaban J connectivity index is 1.85. The van der Waals surface area contributed by atoms with Crippen molar-refractivity contribution in [3.05, 3.63) is 40.8 Å². The highest BCUT2D eigenvalue weighted by molar-refractivity contribution is 6.05. The first-order valence-corrected chi connectivity index (χ1v) is 7.80. The quantitative estimate of drug-likeness (QED) is 0.836. The molecule has 3 rings (SSSR count). The second-order valence-electron chi connectivity index (χ2n) is 5.67. The van der Waals surface area contributed by atoms with E-state index in [9.17, 15) is 9.59 Å². The number of carboxylic acid groups (broad SMARTS) is 1. The molecule has 0 fully saturated rings. The Labute approximate surface area is 138 Å². The summed E-state index contributed by atoms with van der Waals surface area (Å²) in [4.78, 5) is 23.6. The number of ether oxygens (including phenoxy) is 1. The van der Waals surface area contributed by atoms with Crippen molar-refractivity contribution in [3.8, 4) is 5.75 Å². The summed E-state index contributed by atoms with van der Waals surface area (Å²) in [6, 6.07) is 4.27. The fourth-order valence-electron chi connectivity index (χ4n) is 2.85. The van der Waals surface area contributed by atoms with Gasteiger partial charge < -0.3 is 19.7 Å². The van der Waals surface area contributed by atoms with Crippen LogP contribution in [0.15, 0.2) is 22.7 Å². The molecule has 1 aromatic carbocycles. The molecule has 24 heavy (non-hydrogen) atoms. The van der Waals surface area contributed by atoms with Gasteiger partial charge >= 0.3 is 5.97 Å². The van der Waals surface area contributed by atoms with Gasteiger partial charge in [-0.3, -0.25) is 4.79 Å². The van der Waals surface area contributed by atoms with Crippen LogP contribution in [0, 0.1) is 0 Å². The minimum absolute atomic E-state index is 0.0835. The van der Waals surface area contributed by atoms with Crippen LogP contribution < -0.4 is 10.1 Å². The first-order chi connectivity index (χ1) is 11.6. The van der Waals surface area contributed by atoms with E-state index in [1.165, 1.54) is 25.3 Å². The highest BCUT2D eigenvalue weighted by Gasteiger charge is 2.24. The Bertz CT molecular complexity index is 781. The molecule has 0 radical (unpaired) electrons. The number of hydrogen-bond acceptors (Lipinski definition) is 5. The molecule has 0 unspecified atom stereocenters. The molecule has 7 heteroatoms. The summed E-state index contributed by atoms with van der Waals surface area (Å²) in [6.07, 6.45) is 4.72. The van der Waals surface area contributed by atoms with Crippen LogP contribution in [0.25, 0.3) is 0 Å². The number of carboxylic acids is 1. The number of rotatable bonds is 4. The number of benzene rings is 1. The molecule has 0 bridgehead atoms. The van der Waals surface area contributed by atoms with Crippen molar-refractivity contribution in [2.24, 2.45) is 0 Å². The maximum absolute atomic E-state index is 12.5. The van der Waals surface area contributed by atoms with Gasteiger partial charge in [-0.1, -0.05) is 11.6 Å². The fourth-order valence-corrected chi connectivity index (χ4v) is 2.85. The molecule has 7 nitrogen and oxygen atoms in total. The third-order valence-corrected chi connectivity index (χ3v) is 4.11. The Kier molecular flexibility index (Phi) is 4.50. The molecular formula is C17H18N2O5. The van der Waals surface area contributed by atoms with Crippen LogP contribution >= 0.6 is 0 Å². The highest BCUT2D eigenvalue weighted by atomic mass is 16.5. The van der Waals surface area contributed by atoms with Gasteiger partial charge in [0.25, 0.3) is 5.91 Å². The van der Waals surface area contributed by atoms with Gasteiger partial charge in [0, 0.05) is 12.0 Å². The molecule has 0 spiro atoms. The Morgan fingerprint density at radius 2 is 2.04 bits per heavy atom. The number of hydrogen-bond donors (Lipinski definition) is 2. The predicted molar refractivity (Wildman–Crippen MR) is 85.7 cm³/mol. The minimum Gasteiger partial charge on any atom is -0.495 e. The van der Waals surface area contributed by atoms with Crippen molar-refractivity contribution in [1.82, 2.24) is 5.16 Å². The number of anilines is 1. The molecule has 2 N–H and O–H groups in total. The van der Waals surface area contributed by atoms with Crippen molar-refractivity contribution in [1.29, 1.82) is 0 Å². The molecule has 0 aliphatic heterocycles. The lowest BCUT2D eigenvalue weighted by atomic mass is 10.1. The zero-order chi connectivity index (χ0) is 17.1. The first kappa shape index (κ1) is 16.0. The van der Waals surface area contributed by atoms with Crippen LogP contribution in [0.5, 0.6) is 5.75 Å². The van der Waals surface area contributed by atoms with Gasteiger partial charge in [0.1, 0.15) is 11.5 Å². The van der Waals surface area contributed by atoms with Gasteiger partial charge in [0.15, 0.2) is 5.69 Å². The highest BCUT2D eigenvalue weighted by Crippen LogP contribution is 2.28. The third-order valence-electron chi connectivity index (χ3n) is 4.11. The summed E-state index contributed by atoms with van der Waals surface area (Å²) >= 11 is 0. The monoisotopic (exact) mass is 330 g/mol. The van der Waals surface area contributed by atoms with Crippen LogP contribution in [-0.2, 0) is 12.8 Å². The summed E-state index contributed by atoms with van der Waals surface area (Å²) in [5, 5.41) is 15.7. The smallest absolute Gasteiger partial charge is 0.335 e. The van der Waals surface area contributed by atoms with E-state index < -0.39 is 5.97 Å². The molecule has 126 valence electrons. The topological polar surface area (TPSA) is 102 Å². The van der Waals surface area contributed by atoms with Gasteiger partial charge in [-0.2, -0.15) is 0 Å². The predicted octanol–water partition coefficient (Wildman–Crippen LogP) is 2.90. The number of carbonyl (C=O) groups is 2. The summed E-state index contributed by atoms with van der Waals surface area (Å²) in [6.45, 7) is 0. The van der Waals surface area contributed by atoms with Crippen LogP contribution in [0.3, 0.4) is 0 Å². The summed E-state index contributed by atoms with van der Waals surface area (Å²) in [5.41, 5.74) is 1.63. The maximum Gasteiger partial charge on any atom is 0.335 e. The van der Waals surface area contributed by atoms with E-state index in [-0.39, 0.29) is 22.9 Å². The molecule has 1 aliphatic rings. The van der Waals surface area contributed by atoms with Crippen molar-refractivity contribution < 1.29 is 24.0 Å². The average molecular weight is 330 g/mol. The molecule has 0 saturated heterocycles. The summed E-state index contributed by atoms with van der Waals surface area (Å²) in [7, 11) is 1.42. The summed E-state index contributed by atoms with van der Waals surface area (Å²) in [5.74, 6) is -0.389. The number of carbonyl (C=O) groups excluding carboxylic acids is 1. The van der Waals surface area contributed by atoms with E-state index in [0.29, 0.717) is 5.69 Å². The minimum atomic E-state index is -1.06. The van der Waals surface area contributed by atoms with E-state index in [4.69, 9.17) is 14.4 Å². The zero-order valence-electron chi connectivity index (χ0n) is 13.3. The molecule has 1 aromatic heterocycles. The van der Waals surface area contributed by atoms with Gasteiger partial charge in [-0.05, 0) is 37.5 Å². The van der Waals surface area contributed by atoms with Gasteiger partial charge in [-0.25, -0.2) is 4.79 Å². The number of aryl methyl sites for hydroxylation is 1. The first-order valence-electron chi connectivity index (χ1n) is 7.80. The lowest BCUT2D eigenvalue weighted by Crippen LogP contribution is -2.15. The third kappa shape index (κ3) is 3.10. The molecular weight excluding hydrogens is 312 g/mol. The molecule has 2 aromatic rings. The van der Waals surface area contributed by atoms with Crippen LogP contribution in [0.1, 0.15) is 51.4 Å². The number of nitrogens with one attached hydrogen (secondary N) is 1. The number of methoxy groups -OCH3 is 1. The van der Waals surface area contributed by atoms with Crippen LogP contribution in [0.2, 0.25) is 0 Å². The van der Waals surface area contributed by atoms with E-state index in [1.807, 2.05) is 0 Å². The standard InChI is InChI=1S/C17H18N2O5/c1-23-14-9-10(17(21)22)7-8-12(14)18-16(20)15-11-5-3-2-4-6-13(11)24-19-15/h7-9H,2-6H2,1H3,(H,18,20)(H,21,22). The average Bonchev–Trinajstić information content (AvgIpc) is 2.84. The maximum atomic E-state index is 12.5. The second-order valence-corrected chi connectivity index (χ2v) is 5.67. The molecule has 0 saturated carbocycles. The van der Waals surface area contributed by atoms with E-state index in [2.05, 4.69) is 10.5 Å². The molecule has 1 heterocycles. The normalized spacial score (nSPS) is 13.7. The van der Waals surface area contributed by atoms with Crippen molar-refractivity contribution in [2.45, 2.75) is 32.1 Å². The Morgan fingerprint density at radius 3 is 2.79 bits per heavy atom. The molecule has 0 atom stereocenters. The van der Waals surface area contributed by atoms with Crippen molar-refractivity contribution >= 4 is 17.6 Å². The second kappa shape index (κ2) is 6.74. The number of amides is 1. The Morgan fingerprint density at radius 1 is 1.25 bits per heavy atom. The van der Waals surface area contributed by atoms with Gasteiger partial charge in [-0.15, -0.1) is 0 Å². The van der Waals surface area contributed by atoms with Crippen LogP contribution in [0.4, 0.5) is 5.69 Å². The van der Waals surface area contributed by atoms with Gasteiger partial charge in [0.05, 0.1) is 18.4 Å². The van der Waals surface area contributed by atoms with E-state index in [1.54, 1.807) is 0 Å². The number of aromatic carboxylic acids is 1. The Hall–Kier alpha value is -2.83. The lowest BCUT2D eigenvalue weighted by Gasteiger charge is -2.10. The van der Waals surface area contributed by atoms with Crippen molar-refractivity contribution in [2.75, 3.05) is 12.4 Å². The van der Waals surface area contributed by atoms with E-state index >= 15 is 0 Å². The number of aromatic nitrogens is 1. The zero-order valence-corrected chi connectivity index (χ0v) is 13.3. The number of nitrogens with zero attached hydrogens (tertiary/aromatic N) is 1. The van der Waals surface area contributed by atoms with Crippen molar-refractivity contribution in [3.63, 3.8) is 0 Å². The van der Waals surface area contributed by atoms with Crippen LogP contribution in [-0.4, -0.2) is 29.2 Å². The largest absolute Gasteiger partial charge is 0.495 e. The summed E-state index contributed by atoms with van der Waals surface area (Å²) < 4.78 is 10.5. The SMILES string of the molecule is COc1cc(C(=O)O)ccc1NC(=O)c1noc2c1CCCCC2. The lowest BCUT2D eigenvalue weighted by molar-refractivity contribution is 0.0696. The number of fused-ring (bicyclic) bond motifs is 1. The molecule has 1 aliphatic carbocycles.